The van der Waals surface area contributed by atoms with Crippen molar-refractivity contribution >= 4 is 38.0 Å². The molecule has 1 fully saturated rings. The highest BCUT2D eigenvalue weighted by Gasteiger charge is 2.32. The van der Waals surface area contributed by atoms with Crippen molar-refractivity contribution in [3.63, 3.8) is 0 Å². The van der Waals surface area contributed by atoms with Gasteiger partial charge in [0, 0.05) is 16.5 Å². The Balaban J connectivity index is 1.57. The first-order valence-electron chi connectivity index (χ1n) is 9.36. The van der Waals surface area contributed by atoms with Gasteiger partial charge in [0.25, 0.3) is 11.8 Å². The van der Waals surface area contributed by atoms with E-state index in [-0.39, 0.29) is 29.4 Å². The molecule has 1 aromatic heterocycles. The monoisotopic (exact) mass is 418 g/mol. The third-order valence-corrected chi connectivity index (χ3v) is 8.23. The molecule has 0 bridgehead atoms. The number of amides is 2. The summed E-state index contributed by atoms with van der Waals surface area (Å²) >= 11 is 1.45. The fraction of sp³-hybridized carbons (Fsp3) is 0.400. The maximum atomic E-state index is 13.0. The number of fused-ring (bicyclic) bond motifs is 1. The Morgan fingerprint density at radius 2 is 1.86 bits per heavy atom. The number of rotatable bonds is 4. The van der Waals surface area contributed by atoms with Crippen LogP contribution in [-0.4, -0.2) is 37.8 Å². The summed E-state index contributed by atoms with van der Waals surface area (Å²) in [5, 5.41) is 6.31. The van der Waals surface area contributed by atoms with Crippen LogP contribution in [0.3, 0.4) is 0 Å². The predicted octanol–water partition coefficient (Wildman–Crippen LogP) is 2.71. The number of sulfone groups is 1. The SMILES string of the molecule is Cc1ccc(C(=O)Nc2sc3c(c2C(=O)NC2CCS(=O)(=O)C2)CCC3)cc1. The van der Waals surface area contributed by atoms with Crippen LogP contribution < -0.4 is 10.6 Å². The number of hydrogen-bond donors (Lipinski definition) is 2. The lowest BCUT2D eigenvalue weighted by atomic mass is 10.1. The Morgan fingerprint density at radius 1 is 1.11 bits per heavy atom. The minimum Gasteiger partial charge on any atom is -0.348 e. The number of aryl methyl sites for hydroxylation is 2. The third-order valence-electron chi connectivity index (χ3n) is 5.26. The fourth-order valence-electron chi connectivity index (χ4n) is 3.78. The number of carbonyl (C=O) groups excluding carboxylic acids is 2. The number of benzene rings is 1. The van der Waals surface area contributed by atoms with Gasteiger partial charge in [-0.3, -0.25) is 9.59 Å². The first kappa shape index (κ1) is 19.1. The van der Waals surface area contributed by atoms with Crippen LogP contribution in [0.4, 0.5) is 5.00 Å². The van der Waals surface area contributed by atoms with Crippen molar-refractivity contribution in [1.29, 1.82) is 0 Å². The molecule has 2 heterocycles. The summed E-state index contributed by atoms with van der Waals surface area (Å²) in [7, 11) is -3.07. The molecule has 1 atom stereocenters. The lowest BCUT2D eigenvalue weighted by Crippen LogP contribution is -2.36. The van der Waals surface area contributed by atoms with E-state index in [0.717, 1.165) is 35.3 Å². The zero-order valence-corrected chi connectivity index (χ0v) is 17.2. The van der Waals surface area contributed by atoms with E-state index in [9.17, 15) is 18.0 Å². The van der Waals surface area contributed by atoms with Crippen LogP contribution in [0.1, 0.15) is 49.6 Å². The molecule has 1 aromatic carbocycles. The van der Waals surface area contributed by atoms with Gasteiger partial charge >= 0.3 is 0 Å². The normalized spacial score (nSPS) is 20.0. The Morgan fingerprint density at radius 3 is 2.54 bits per heavy atom. The van der Waals surface area contributed by atoms with Crippen LogP contribution in [0.25, 0.3) is 0 Å². The van der Waals surface area contributed by atoms with Gasteiger partial charge in [-0.05, 0) is 50.3 Å². The van der Waals surface area contributed by atoms with Gasteiger partial charge in [0.15, 0.2) is 9.84 Å². The van der Waals surface area contributed by atoms with Gasteiger partial charge in [0.2, 0.25) is 0 Å². The van der Waals surface area contributed by atoms with Crippen molar-refractivity contribution in [2.24, 2.45) is 0 Å². The Bertz CT molecular complexity index is 1040. The van der Waals surface area contributed by atoms with Gasteiger partial charge in [0.05, 0.1) is 17.1 Å². The van der Waals surface area contributed by atoms with E-state index in [1.807, 2.05) is 19.1 Å². The predicted molar refractivity (Wildman–Crippen MR) is 110 cm³/mol. The quantitative estimate of drug-likeness (QED) is 0.799. The first-order chi connectivity index (χ1) is 13.3. The van der Waals surface area contributed by atoms with Crippen LogP contribution in [0.15, 0.2) is 24.3 Å². The second kappa shape index (κ2) is 7.33. The van der Waals surface area contributed by atoms with Crippen LogP contribution >= 0.6 is 11.3 Å². The molecule has 28 heavy (non-hydrogen) atoms. The summed E-state index contributed by atoms with van der Waals surface area (Å²) < 4.78 is 23.4. The third kappa shape index (κ3) is 3.84. The molecule has 0 spiro atoms. The molecule has 1 saturated heterocycles. The fourth-order valence-corrected chi connectivity index (χ4v) is 6.73. The van der Waals surface area contributed by atoms with Crippen molar-refractivity contribution in [3.05, 3.63) is 51.4 Å². The summed E-state index contributed by atoms with van der Waals surface area (Å²) in [5.41, 5.74) is 3.09. The molecule has 148 valence electrons. The molecular weight excluding hydrogens is 396 g/mol. The summed E-state index contributed by atoms with van der Waals surface area (Å²) in [6.07, 6.45) is 3.13. The van der Waals surface area contributed by atoms with Crippen LogP contribution in [0.5, 0.6) is 0 Å². The molecule has 1 aliphatic heterocycles. The summed E-state index contributed by atoms with van der Waals surface area (Å²) in [6, 6.07) is 6.90. The Kier molecular flexibility index (Phi) is 5.01. The Labute approximate surface area is 168 Å². The highest BCUT2D eigenvalue weighted by molar-refractivity contribution is 7.91. The van der Waals surface area contributed by atoms with E-state index in [1.165, 1.54) is 11.3 Å². The van der Waals surface area contributed by atoms with Crippen LogP contribution in [-0.2, 0) is 22.7 Å². The maximum absolute atomic E-state index is 13.0. The molecule has 4 rings (SSSR count). The average Bonchev–Trinajstić information content (AvgIpc) is 3.29. The zero-order valence-electron chi connectivity index (χ0n) is 15.6. The van der Waals surface area contributed by atoms with Crippen molar-refractivity contribution in [2.75, 3.05) is 16.8 Å². The topological polar surface area (TPSA) is 92.3 Å². The van der Waals surface area contributed by atoms with Gasteiger partial charge < -0.3 is 10.6 Å². The number of anilines is 1. The van der Waals surface area contributed by atoms with Crippen LogP contribution in [0, 0.1) is 6.92 Å². The molecule has 1 unspecified atom stereocenters. The van der Waals surface area contributed by atoms with Crippen LogP contribution in [0.2, 0.25) is 0 Å². The Hall–Kier alpha value is -2.19. The van der Waals surface area contributed by atoms with E-state index in [4.69, 9.17) is 0 Å². The highest BCUT2D eigenvalue weighted by Crippen LogP contribution is 2.39. The number of nitrogens with one attached hydrogen (secondary N) is 2. The maximum Gasteiger partial charge on any atom is 0.256 e. The van der Waals surface area contributed by atoms with E-state index in [2.05, 4.69) is 10.6 Å². The lowest BCUT2D eigenvalue weighted by molar-refractivity contribution is 0.0941. The minimum absolute atomic E-state index is 0.0177. The molecule has 6 nitrogen and oxygen atoms in total. The van der Waals surface area contributed by atoms with Gasteiger partial charge in [0.1, 0.15) is 5.00 Å². The summed E-state index contributed by atoms with van der Waals surface area (Å²) in [4.78, 5) is 26.7. The first-order valence-corrected chi connectivity index (χ1v) is 12.0. The van der Waals surface area contributed by atoms with Gasteiger partial charge in [-0.25, -0.2) is 8.42 Å². The smallest absolute Gasteiger partial charge is 0.256 e. The van der Waals surface area contributed by atoms with E-state index >= 15 is 0 Å². The molecule has 0 radical (unpaired) electrons. The van der Waals surface area contributed by atoms with Crippen molar-refractivity contribution < 1.29 is 18.0 Å². The molecule has 2 N–H and O–H groups in total. The summed E-state index contributed by atoms with van der Waals surface area (Å²) in [6.45, 7) is 1.96. The molecule has 2 aromatic rings. The molecule has 1 aliphatic carbocycles. The molecule has 2 aliphatic rings. The van der Waals surface area contributed by atoms with E-state index in [1.54, 1.807) is 12.1 Å². The second-order valence-corrected chi connectivity index (χ2v) is 10.8. The molecular formula is C20H22N2O4S2. The second-order valence-electron chi connectivity index (χ2n) is 7.46. The standard InChI is InChI=1S/C20H22N2O4S2/c1-12-5-7-13(8-6-12)18(23)22-20-17(15-3-2-4-16(15)27-20)19(24)21-14-9-10-28(25,26)11-14/h5-8,14H,2-4,9-11H2,1H3,(H,21,24)(H,22,23). The minimum atomic E-state index is -3.07. The van der Waals surface area contributed by atoms with Gasteiger partial charge in [-0.1, -0.05) is 17.7 Å². The van der Waals surface area contributed by atoms with Crippen molar-refractivity contribution in [1.82, 2.24) is 5.32 Å². The number of thiophene rings is 1. The van der Waals surface area contributed by atoms with E-state index < -0.39 is 9.84 Å². The van der Waals surface area contributed by atoms with E-state index in [0.29, 0.717) is 22.5 Å². The van der Waals surface area contributed by atoms with Gasteiger partial charge in [-0.2, -0.15) is 0 Å². The number of hydrogen-bond acceptors (Lipinski definition) is 5. The number of carbonyl (C=O) groups is 2. The summed E-state index contributed by atoms with van der Waals surface area (Å²) in [5.74, 6) is -0.453. The zero-order chi connectivity index (χ0) is 19.9. The van der Waals surface area contributed by atoms with Crippen molar-refractivity contribution in [2.45, 2.75) is 38.6 Å². The van der Waals surface area contributed by atoms with Gasteiger partial charge in [-0.15, -0.1) is 11.3 Å². The molecule has 2 amide bonds. The average molecular weight is 419 g/mol. The molecule has 8 heteroatoms. The lowest BCUT2D eigenvalue weighted by Gasteiger charge is -2.13. The van der Waals surface area contributed by atoms with Crippen molar-refractivity contribution in [3.8, 4) is 0 Å². The molecule has 0 saturated carbocycles. The largest absolute Gasteiger partial charge is 0.348 e. The highest BCUT2D eigenvalue weighted by atomic mass is 32.2.